The number of aromatic nitrogens is 2. The molecule has 0 aliphatic heterocycles. The number of aryl methyl sites for hydroxylation is 1. The van der Waals surface area contributed by atoms with Crippen molar-refractivity contribution in [2.45, 2.75) is 33.9 Å². The summed E-state index contributed by atoms with van der Waals surface area (Å²) < 4.78 is 1.91. The Morgan fingerprint density at radius 2 is 2.33 bits per heavy atom. The average Bonchev–Trinajstić information content (AvgIpc) is 2.84. The zero-order valence-electron chi connectivity index (χ0n) is 11.4. The molecule has 1 aromatic rings. The molecule has 1 unspecified atom stereocenters. The van der Waals surface area contributed by atoms with E-state index in [1.807, 2.05) is 17.8 Å². The molecule has 1 atom stereocenters. The van der Waals surface area contributed by atoms with Gasteiger partial charge < -0.3 is 10.9 Å². The summed E-state index contributed by atoms with van der Waals surface area (Å²) >= 11 is 0. The van der Waals surface area contributed by atoms with Crippen LogP contribution in [-0.4, -0.2) is 38.8 Å². The highest BCUT2D eigenvalue weighted by molar-refractivity contribution is 5.82. The minimum absolute atomic E-state index is 0.0381. The van der Waals surface area contributed by atoms with Crippen molar-refractivity contribution in [3.05, 3.63) is 18.0 Å². The molecule has 1 aromatic heterocycles. The van der Waals surface area contributed by atoms with Crippen LogP contribution in [0.4, 0.5) is 0 Å². The maximum absolute atomic E-state index is 8.65. The van der Waals surface area contributed by atoms with Gasteiger partial charge in [-0.15, -0.1) is 0 Å². The van der Waals surface area contributed by atoms with Gasteiger partial charge in [0.15, 0.2) is 0 Å². The van der Waals surface area contributed by atoms with Crippen LogP contribution in [0.3, 0.4) is 0 Å². The molecule has 0 aliphatic rings. The normalized spacial score (nSPS) is 14.1. The number of oxime groups is 1. The quantitative estimate of drug-likeness (QED) is 0.330. The second-order valence-electron chi connectivity index (χ2n) is 4.46. The Bertz CT molecular complexity index is 388. The van der Waals surface area contributed by atoms with E-state index in [9.17, 15) is 0 Å². The van der Waals surface area contributed by atoms with Crippen LogP contribution < -0.4 is 5.73 Å². The average molecular weight is 253 g/mol. The van der Waals surface area contributed by atoms with Gasteiger partial charge in [-0.3, -0.25) is 9.58 Å². The van der Waals surface area contributed by atoms with Crippen LogP contribution >= 0.6 is 0 Å². The van der Waals surface area contributed by atoms with Gasteiger partial charge in [-0.25, -0.2) is 0 Å². The van der Waals surface area contributed by atoms with Crippen molar-refractivity contribution in [3.8, 4) is 0 Å². The largest absolute Gasteiger partial charge is 0.409 e. The number of rotatable bonds is 7. The first kappa shape index (κ1) is 14.5. The molecule has 0 amide bonds. The van der Waals surface area contributed by atoms with Crippen LogP contribution in [0.5, 0.6) is 0 Å². The number of nitrogens with zero attached hydrogens (tertiary/aromatic N) is 4. The van der Waals surface area contributed by atoms with Crippen LogP contribution in [0.2, 0.25) is 0 Å². The molecule has 0 bridgehead atoms. The summed E-state index contributed by atoms with van der Waals surface area (Å²) in [7, 11) is 0. The zero-order chi connectivity index (χ0) is 13.5. The van der Waals surface area contributed by atoms with Gasteiger partial charge in [0.05, 0.1) is 6.20 Å². The molecule has 0 fully saturated rings. The molecule has 0 saturated carbocycles. The Morgan fingerprint density at radius 3 is 2.83 bits per heavy atom. The van der Waals surface area contributed by atoms with Crippen LogP contribution in [0.25, 0.3) is 0 Å². The monoisotopic (exact) mass is 253 g/mol. The van der Waals surface area contributed by atoms with Gasteiger partial charge in [-0.1, -0.05) is 19.0 Å². The fourth-order valence-corrected chi connectivity index (χ4v) is 1.80. The van der Waals surface area contributed by atoms with Crippen LogP contribution in [0, 0.1) is 5.92 Å². The van der Waals surface area contributed by atoms with Crippen molar-refractivity contribution in [2.24, 2.45) is 16.8 Å². The maximum atomic E-state index is 8.65. The Labute approximate surface area is 108 Å². The highest BCUT2D eigenvalue weighted by atomic mass is 16.4. The summed E-state index contributed by atoms with van der Waals surface area (Å²) in [6, 6.07) is 0. The highest BCUT2D eigenvalue weighted by Gasteiger charge is 2.13. The summed E-state index contributed by atoms with van der Waals surface area (Å²) in [5.41, 5.74) is 6.78. The van der Waals surface area contributed by atoms with Crippen molar-refractivity contribution >= 4 is 5.84 Å². The van der Waals surface area contributed by atoms with Gasteiger partial charge in [0.1, 0.15) is 5.84 Å². The number of hydrogen-bond donors (Lipinski definition) is 2. The first-order chi connectivity index (χ1) is 8.60. The van der Waals surface area contributed by atoms with Crippen molar-refractivity contribution in [3.63, 3.8) is 0 Å². The van der Waals surface area contributed by atoms with Crippen molar-refractivity contribution in [1.29, 1.82) is 0 Å². The standard InChI is InChI=1S/C12H23N5O/c1-4-16(7-10(3)12(13)15-18)8-11-6-14-17(5-2)9-11/h6,9-10,18H,4-5,7-8H2,1-3H3,(H2,13,15). The molecule has 1 heterocycles. The minimum Gasteiger partial charge on any atom is -0.409 e. The maximum Gasteiger partial charge on any atom is 0.143 e. The first-order valence-corrected chi connectivity index (χ1v) is 6.31. The van der Waals surface area contributed by atoms with E-state index in [1.54, 1.807) is 0 Å². The molecule has 0 aromatic carbocycles. The lowest BCUT2D eigenvalue weighted by Crippen LogP contribution is -2.34. The third kappa shape index (κ3) is 4.03. The van der Waals surface area contributed by atoms with Gasteiger partial charge in [-0.2, -0.15) is 5.10 Å². The number of hydrogen-bond acceptors (Lipinski definition) is 4. The summed E-state index contributed by atoms with van der Waals surface area (Å²) in [5, 5.41) is 16.0. The fourth-order valence-electron chi connectivity index (χ4n) is 1.80. The molecule has 0 spiro atoms. The second-order valence-corrected chi connectivity index (χ2v) is 4.46. The Kier molecular flexibility index (Phi) is 5.64. The van der Waals surface area contributed by atoms with Crippen LogP contribution in [-0.2, 0) is 13.1 Å². The van der Waals surface area contributed by atoms with E-state index in [-0.39, 0.29) is 11.8 Å². The SMILES string of the molecule is CCN(Cc1cnn(CC)c1)CC(C)/C(N)=N/O. The van der Waals surface area contributed by atoms with Gasteiger partial charge in [0.25, 0.3) is 0 Å². The molecule has 1 rings (SSSR count). The lowest BCUT2D eigenvalue weighted by Gasteiger charge is -2.22. The minimum atomic E-state index is 0.0381. The third-order valence-electron chi connectivity index (χ3n) is 3.02. The molecule has 0 radical (unpaired) electrons. The van der Waals surface area contributed by atoms with E-state index in [4.69, 9.17) is 10.9 Å². The Hall–Kier alpha value is -1.56. The van der Waals surface area contributed by atoms with E-state index < -0.39 is 0 Å². The molecule has 6 heteroatoms. The molecule has 18 heavy (non-hydrogen) atoms. The zero-order valence-corrected chi connectivity index (χ0v) is 11.4. The predicted octanol–water partition coefficient (Wildman–Crippen LogP) is 1.11. The van der Waals surface area contributed by atoms with Crippen molar-refractivity contribution in [1.82, 2.24) is 14.7 Å². The van der Waals surface area contributed by atoms with Crippen molar-refractivity contribution in [2.75, 3.05) is 13.1 Å². The molecule has 102 valence electrons. The highest BCUT2D eigenvalue weighted by Crippen LogP contribution is 2.07. The molecule has 6 nitrogen and oxygen atoms in total. The summed E-state index contributed by atoms with van der Waals surface area (Å²) in [4.78, 5) is 2.25. The molecule has 3 N–H and O–H groups in total. The van der Waals surface area contributed by atoms with E-state index in [0.29, 0.717) is 0 Å². The Balaban J connectivity index is 2.56. The van der Waals surface area contributed by atoms with Gasteiger partial charge in [-0.05, 0) is 13.5 Å². The van der Waals surface area contributed by atoms with Crippen molar-refractivity contribution < 1.29 is 5.21 Å². The van der Waals surface area contributed by atoms with Gasteiger partial charge in [0.2, 0.25) is 0 Å². The van der Waals surface area contributed by atoms with E-state index in [0.717, 1.165) is 26.2 Å². The molecular weight excluding hydrogens is 230 g/mol. The van der Waals surface area contributed by atoms with E-state index >= 15 is 0 Å². The molecule has 0 saturated heterocycles. The Morgan fingerprint density at radius 1 is 1.61 bits per heavy atom. The summed E-state index contributed by atoms with van der Waals surface area (Å²) in [5.74, 6) is 0.314. The topological polar surface area (TPSA) is 79.7 Å². The summed E-state index contributed by atoms with van der Waals surface area (Å²) in [6.45, 7) is 9.52. The van der Waals surface area contributed by atoms with Crippen LogP contribution in [0.1, 0.15) is 26.3 Å². The van der Waals surface area contributed by atoms with Gasteiger partial charge >= 0.3 is 0 Å². The van der Waals surface area contributed by atoms with E-state index in [1.165, 1.54) is 5.56 Å². The lowest BCUT2D eigenvalue weighted by molar-refractivity contribution is 0.257. The summed E-state index contributed by atoms with van der Waals surface area (Å²) in [6.07, 6.45) is 3.94. The molecule has 0 aliphatic carbocycles. The lowest BCUT2D eigenvalue weighted by atomic mass is 10.1. The predicted molar refractivity (Wildman–Crippen MR) is 71.4 cm³/mol. The number of amidine groups is 1. The second kappa shape index (κ2) is 7.00. The van der Waals surface area contributed by atoms with Gasteiger partial charge in [0, 0.05) is 37.3 Å². The molecular formula is C12H23N5O. The fraction of sp³-hybridized carbons (Fsp3) is 0.667. The van der Waals surface area contributed by atoms with E-state index in [2.05, 4.69) is 35.2 Å². The van der Waals surface area contributed by atoms with Crippen LogP contribution in [0.15, 0.2) is 17.5 Å². The number of nitrogens with two attached hydrogens (primary N) is 1. The first-order valence-electron chi connectivity index (χ1n) is 6.31. The smallest absolute Gasteiger partial charge is 0.143 e. The third-order valence-corrected chi connectivity index (χ3v) is 3.02.